The molecule has 1 atom stereocenters. The van der Waals surface area contributed by atoms with E-state index in [0.29, 0.717) is 41.8 Å². The average molecular weight is 539 g/mol. The molecule has 0 aliphatic carbocycles. The summed E-state index contributed by atoms with van der Waals surface area (Å²) >= 11 is 0. The summed E-state index contributed by atoms with van der Waals surface area (Å²) in [7, 11) is 1.12. The Labute approximate surface area is 221 Å². The van der Waals surface area contributed by atoms with Crippen LogP contribution in [0.5, 0.6) is 11.6 Å². The summed E-state index contributed by atoms with van der Waals surface area (Å²) in [6.45, 7) is 6.04. The fourth-order valence-electron chi connectivity index (χ4n) is 4.29. The topological polar surface area (TPSA) is 141 Å². The normalized spacial score (nSPS) is 12.9. The lowest BCUT2D eigenvalue weighted by Crippen LogP contribution is -2.48. The number of aliphatic hydroxyl groups is 3. The van der Waals surface area contributed by atoms with Crippen LogP contribution in [0.4, 0.5) is 0 Å². The van der Waals surface area contributed by atoms with Crippen molar-refractivity contribution in [1.29, 1.82) is 0 Å². The average Bonchev–Trinajstić information content (AvgIpc) is 3.25. The highest BCUT2D eigenvalue weighted by Gasteiger charge is 2.35. The highest BCUT2D eigenvalue weighted by atomic mass is 31.1. The second-order valence-corrected chi connectivity index (χ2v) is 11.6. The molecule has 4 aromatic rings. The minimum Gasteiger partial charge on any atom is -0.506 e. The number of nitrogens with zero attached hydrogens (tertiary/aromatic N) is 4. The minimum absolute atomic E-state index is 0.156. The van der Waals surface area contributed by atoms with E-state index in [9.17, 15) is 25.2 Å². The van der Waals surface area contributed by atoms with Gasteiger partial charge < -0.3 is 25.2 Å². The number of benzene rings is 2. The minimum atomic E-state index is -3.12. The number of pyridine rings is 1. The van der Waals surface area contributed by atoms with Crippen molar-refractivity contribution in [3.8, 4) is 28.4 Å². The first-order valence-electron chi connectivity index (χ1n) is 12.0. The number of para-hydroxylation sites is 1. The zero-order valence-corrected chi connectivity index (χ0v) is 22.5. The number of imidazole rings is 1. The van der Waals surface area contributed by atoms with E-state index in [2.05, 4.69) is 18.3 Å². The molecule has 0 aliphatic rings. The number of ether oxygens (including phenoxy) is 1. The van der Waals surface area contributed by atoms with E-state index in [1.165, 1.54) is 13.1 Å². The fraction of sp³-hybridized carbons (Fsp3) is 0.296. The molecular formula is C27H31N4O6P. The van der Waals surface area contributed by atoms with Gasteiger partial charge in [-0.3, -0.25) is 9.36 Å². The fourth-order valence-corrected chi connectivity index (χ4v) is 4.68. The largest absolute Gasteiger partial charge is 0.506 e. The number of aromatic nitrogens is 3. The van der Waals surface area contributed by atoms with Crippen LogP contribution in [0.3, 0.4) is 0 Å². The third-order valence-corrected chi connectivity index (χ3v) is 6.89. The van der Waals surface area contributed by atoms with Gasteiger partial charge in [0, 0.05) is 23.4 Å². The Kier molecular flexibility index (Phi) is 8.10. The van der Waals surface area contributed by atoms with E-state index in [-0.39, 0.29) is 24.9 Å². The van der Waals surface area contributed by atoms with E-state index >= 15 is 0 Å². The Morgan fingerprint density at radius 1 is 1.13 bits per heavy atom. The molecular weight excluding hydrogens is 507 g/mol. The number of hydrogen-bond donors (Lipinski definition) is 4. The summed E-state index contributed by atoms with van der Waals surface area (Å²) < 4.78 is 7.33. The number of phenolic OH excluding ortho intramolecular Hbond substituents is 1. The molecule has 38 heavy (non-hydrogen) atoms. The van der Waals surface area contributed by atoms with Gasteiger partial charge in [0.15, 0.2) is 6.29 Å². The lowest BCUT2D eigenvalue weighted by Gasteiger charge is -2.33. The first kappa shape index (κ1) is 27.6. The zero-order valence-electron chi connectivity index (χ0n) is 21.6. The van der Waals surface area contributed by atoms with Crippen LogP contribution < -0.4 is 4.74 Å². The van der Waals surface area contributed by atoms with Crippen LogP contribution in [0.2, 0.25) is 0 Å². The van der Waals surface area contributed by atoms with Gasteiger partial charge in [0.25, 0.3) is 0 Å². The van der Waals surface area contributed by atoms with Crippen molar-refractivity contribution >= 4 is 25.2 Å². The molecule has 0 spiro atoms. The van der Waals surface area contributed by atoms with Gasteiger partial charge in [0.1, 0.15) is 17.9 Å². The summed E-state index contributed by atoms with van der Waals surface area (Å²) in [5.74, 6) is 0.680. The summed E-state index contributed by atoms with van der Waals surface area (Å²) in [6.07, 6.45) is 0.174. The summed E-state index contributed by atoms with van der Waals surface area (Å²) in [4.78, 5) is 22.1. The molecule has 0 amide bonds. The molecule has 2 heterocycles. The molecule has 0 aliphatic heterocycles. The molecule has 2 aromatic carbocycles. The molecule has 4 N–H and O–H groups in total. The van der Waals surface area contributed by atoms with Gasteiger partial charge >= 0.3 is 6.10 Å². The predicted molar refractivity (Wildman–Crippen MR) is 146 cm³/mol. The second-order valence-electron chi connectivity index (χ2n) is 9.21. The van der Waals surface area contributed by atoms with Crippen molar-refractivity contribution in [2.45, 2.75) is 25.5 Å². The Balaban J connectivity index is 1.92. The lowest BCUT2D eigenvalue weighted by molar-refractivity contribution is -0.396. The van der Waals surface area contributed by atoms with Gasteiger partial charge in [-0.1, -0.05) is 27.0 Å². The van der Waals surface area contributed by atoms with Crippen molar-refractivity contribution in [3.63, 3.8) is 0 Å². The van der Waals surface area contributed by atoms with Gasteiger partial charge in [0.05, 0.1) is 22.8 Å². The van der Waals surface area contributed by atoms with Crippen molar-refractivity contribution in [1.82, 2.24) is 19.4 Å². The number of aldehydes is 1. The van der Waals surface area contributed by atoms with Crippen LogP contribution in [0, 0.1) is 0 Å². The third kappa shape index (κ3) is 5.55. The number of carbonyl (C=O) groups excluding carboxylic acids is 1. The third-order valence-electron chi connectivity index (χ3n) is 6.24. The number of carbonyl (C=O) groups is 1. The van der Waals surface area contributed by atoms with Gasteiger partial charge in [-0.25, -0.2) is 14.9 Å². The van der Waals surface area contributed by atoms with Crippen molar-refractivity contribution in [2.24, 2.45) is 0 Å². The first-order valence-corrected chi connectivity index (χ1v) is 14.4. The summed E-state index contributed by atoms with van der Waals surface area (Å²) in [6, 6.07) is 13.0. The van der Waals surface area contributed by atoms with Crippen LogP contribution in [-0.2, 0) is 0 Å². The number of hydrogen-bond acceptors (Lipinski definition) is 9. The van der Waals surface area contributed by atoms with E-state index in [0.717, 1.165) is 16.0 Å². The SMILES string of the molecule is CCC(c1nc2ccc(-c3ccc(OCP(C)C)nc3)cc2n1-c1c(O)cccc1C=O)N(C)C(O)(O)O. The smallest absolute Gasteiger partial charge is 0.346 e. The van der Waals surface area contributed by atoms with Gasteiger partial charge in [-0.2, -0.15) is 0 Å². The maximum atomic E-state index is 12.0. The quantitative estimate of drug-likeness (QED) is 0.135. The zero-order chi connectivity index (χ0) is 27.6. The maximum absolute atomic E-state index is 12.0. The second kappa shape index (κ2) is 11.1. The Morgan fingerprint density at radius 2 is 1.87 bits per heavy atom. The number of phenols is 1. The van der Waals surface area contributed by atoms with Gasteiger partial charge in [-0.05, 0) is 62.7 Å². The molecule has 200 valence electrons. The van der Waals surface area contributed by atoms with Crippen LogP contribution in [0.15, 0.2) is 54.7 Å². The first-order chi connectivity index (χ1) is 18.0. The summed E-state index contributed by atoms with van der Waals surface area (Å²) in [5.41, 5.74) is 3.15. The van der Waals surface area contributed by atoms with E-state index in [1.54, 1.807) is 42.0 Å². The molecule has 0 fully saturated rings. The Morgan fingerprint density at radius 3 is 2.47 bits per heavy atom. The maximum Gasteiger partial charge on any atom is 0.346 e. The van der Waals surface area contributed by atoms with Gasteiger partial charge in [0.2, 0.25) is 5.88 Å². The van der Waals surface area contributed by atoms with E-state index in [4.69, 9.17) is 9.72 Å². The molecule has 4 rings (SSSR count). The highest BCUT2D eigenvalue weighted by molar-refractivity contribution is 7.55. The predicted octanol–water partition coefficient (Wildman–Crippen LogP) is 3.65. The monoisotopic (exact) mass is 538 g/mol. The molecule has 2 aromatic heterocycles. The van der Waals surface area contributed by atoms with Crippen molar-refractivity contribution in [3.05, 3.63) is 66.1 Å². The van der Waals surface area contributed by atoms with E-state index < -0.39 is 12.1 Å². The summed E-state index contributed by atoms with van der Waals surface area (Å²) in [5, 5.41) is 40.6. The van der Waals surface area contributed by atoms with Crippen LogP contribution >= 0.6 is 7.92 Å². The Hall–Kier alpha value is -3.40. The number of rotatable bonds is 10. The molecule has 11 heteroatoms. The van der Waals surface area contributed by atoms with Crippen molar-refractivity contribution in [2.75, 3.05) is 26.7 Å². The molecule has 0 bridgehead atoms. The molecule has 0 saturated carbocycles. The number of fused-ring (bicyclic) bond motifs is 1. The van der Waals surface area contributed by atoms with Gasteiger partial charge in [-0.15, -0.1) is 0 Å². The lowest BCUT2D eigenvalue weighted by atomic mass is 10.1. The molecule has 0 radical (unpaired) electrons. The van der Waals surface area contributed by atoms with Crippen LogP contribution in [0.1, 0.15) is 35.6 Å². The van der Waals surface area contributed by atoms with E-state index in [1.807, 2.05) is 18.2 Å². The standard InChI is InChI=1S/C27H31N4O6P/c1-5-21(30(2)27(34,35)36)26-29-20-11-9-17(18-10-12-24(28-14-18)37-16-38(3)4)13-22(20)31(26)25-19(15-32)7-6-8-23(25)33/h6-15,21,33-36H,5,16H2,1-4H3. The molecule has 1 unspecified atom stereocenters. The molecule has 10 nitrogen and oxygen atoms in total. The van der Waals surface area contributed by atoms with Crippen LogP contribution in [-0.4, -0.2) is 79.0 Å². The highest BCUT2D eigenvalue weighted by Crippen LogP contribution is 2.37. The van der Waals surface area contributed by atoms with Crippen molar-refractivity contribution < 1.29 is 30.0 Å². The molecule has 0 saturated heterocycles. The van der Waals surface area contributed by atoms with Crippen LogP contribution in [0.25, 0.3) is 27.8 Å². The number of aromatic hydroxyl groups is 1. The Bertz CT molecular complexity index is 1430.